The second-order valence-corrected chi connectivity index (χ2v) is 6.71. The number of rotatable bonds is 1. The molecule has 5 heteroatoms. The van der Waals surface area contributed by atoms with E-state index in [1.807, 2.05) is 6.07 Å². The maximum atomic E-state index is 12.3. The van der Waals surface area contributed by atoms with Crippen LogP contribution in [0.3, 0.4) is 0 Å². The van der Waals surface area contributed by atoms with Crippen LogP contribution in [0.5, 0.6) is 0 Å². The average Bonchev–Trinajstić information content (AvgIpc) is 2.63. The van der Waals surface area contributed by atoms with Gasteiger partial charge in [0.25, 0.3) is 0 Å². The molecule has 0 spiro atoms. The van der Waals surface area contributed by atoms with E-state index in [2.05, 4.69) is 39.4 Å². The lowest BCUT2D eigenvalue weighted by molar-refractivity contribution is -0.125. The van der Waals surface area contributed by atoms with E-state index in [4.69, 9.17) is 4.99 Å². The van der Waals surface area contributed by atoms with E-state index in [1.165, 1.54) is 12.1 Å². The number of carbonyl (C=O) groups excluding carboxylic acids is 1. The van der Waals surface area contributed by atoms with Crippen LogP contribution in [0.25, 0.3) is 0 Å². The zero-order valence-corrected chi connectivity index (χ0v) is 13.4. The number of piperazine rings is 1. The summed E-state index contributed by atoms with van der Waals surface area (Å²) in [4.78, 5) is 21.8. The summed E-state index contributed by atoms with van der Waals surface area (Å²) in [5, 5.41) is 3.06. The highest BCUT2D eigenvalue weighted by Crippen LogP contribution is 2.29. The van der Waals surface area contributed by atoms with Crippen LogP contribution in [-0.4, -0.2) is 49.0 Å². The molecule has 23 heavy (non-hydrogen) atoms. The number of anilines is 1. The van der Waals surface area contributed by atoms with Gasteiger partial charge in [0.05, 0.1) is 12.0 Å². The van der Waals surface area contributed by atoms with Crippen LogP contribution in [0, 0.1) is 5.92 Å². The van der Waals surface area contributed by atoms with Gasteiger partial charge in [-0.15, -0.1) is 0 Å². The molecule has 3 aliphatic rings. The molecule has 1 aromatic rings. The van der Waals surface area contributed by atoms with Gasteiger partial charge < -0.3 is 9.80 Å². The highest BCUT2D eigenvalue weighted by molar-refractivity contribution is 6.00. The molecule has 1 saturated heterocycles. The largest absolute Gasteiger partial charge is 0.368 e. The minimum absolute atomic E-state index is 0.109. The first-order chi connectivity index (χ1) is 11.3. The molecule has 4 rings (SSSR count). The summed E-state index contributed by atoms with van der Waals surface area (Å²) in [5.74, 6) is 1.11. The average molecular weight is 312 g/mol. The molecule has 2 aliphatic heterocycles. The van der Waals surface area contributed by atoms with Crippen molar-refractivity contribution in [1.29, 1.82) is 0 Å². The summed E-state index contributed by atoms with van der Waals surface area (Å²) in [6.07, 6.45) is 4.42. The van der Waals surface area contributed by atoms with Crippen molar-refractivity contribution in [2.45, 2.75) is 31.7 Å². The van der Waals surface area contributed by atoms with E-state index >= 15 is 0 Å². The van der Waals surface area contributed by atoms with Gasteiger partial charge in [0, 0.05) is 31.9 Å². The molecule has 2 fully saturated rings. The van der Waals surface area contributed by atoms with Gasteiger partial charge in [0.15, 0.2) is 0 Å². The van der Waals surface area contributed by atoms with Crippen LogP contribution in [-0.2, 0) is 4.79 Å². The number of aliphatic imine (C=N–C) groups is 1. The number of hydrogen-bond donors (Lipinski definition) is 1. The van der Waals surface area contributed by atoms with E-state index in [-0.39, 0.29) is 17.9 Å². The number of amides is 1. The fourth-order valence-corrected chi connectivity index (χ4v) is 3.94. The van der Waals surface area contributed by atoms with Crippen molar-refractivity contribution in [3.63, 3.8) is 0 Å². The summed E-state index contributed by atoms with van der Waals surface area (Å²) < 4.78 is 0. The molecule has 1 N–H and O–H groups in total. The Balaban J connectivity index is 1.42. The van der Waals surface area contributed by atoms with Gasteiger partial charge in [-0.25, -0.2) is 4.99 Å². The zero-order valence-electron chi connectivity index (χ0n) is 13.4. The Kier molecular flexibility index (Phi) is 3.93. The lowest BCUT2D eigenvalue weighted by Crippen LogP contribution is -2.57. The molecule has 1 aliphatic carbocycles. The number of nitrogens with zero attached hydrogens (tertiary/aromatic N) is 3. The van der Waals surface area contributed by atoms with Crippen LogP contribution < -0.4 is 10.2 Å². The summed E-state index contributed by atoms with van der Waals surface area (Å²) in [5.41, 5.74) is 1.27. The lowest BCUT2D eigenvalue weighted by Gasteiger charge is -2.40. The highest BCUT2D eigenvalue weighted by Gasteiger charge is 2.36. The van der Waals surface area contributed by atoms with Gasteiger partial charge in [-0.05, 0) is 25.0 Å². The van der Waals surface area contributed by atoms with Crippen molar-refractivity contribution < 1.29 is 4.79 Å². The van der Waals surface area contributed by atoms with E-state index in [1.54, 1.807) is 0 Å². The van der Waals surface area contributed by atoms with Gasteiger partial charge in [0.2, 0.25) is 11.9 Å². The van der Waals surface area contributed by atoms with Crippen molar-refractivity contribution >= 4 is 17.6 Å². The first-order valence-corrected chi connectivity index (χ1v) is 8.75. The number of benzene rings is 1. The first-order valence-electron chi connectivity index (χ1n) is 8.75. The number of fused-ring (bicyclic) bond motifs is 1. The Morgan fingerprint density at radius 3 is 2.43 bits per heavy atom. The fraction of sp³-hybridized carbons (Fsp3) is 0.556. The number of para-hydroxylation sites is 1. The van der Waals surface area contributed by atoms with E-state index in [0.29, 0.717) is 0 Å². The van der Waals surface area contributed by atoms with Crippen LogP contribution in [0.2, 0.25) is 0 Å². The minimum atomic E-state index is 0.109. The maximum absolute atomic E-state index is 12.3. The molecular formula is C18H24N4O. The summed E-state index contributed by atoms with van der Waals surface area (Å²) in [6.45, 7) is 3.75. The maximum Gasteiger partial charge on any atom is 0.231 e. The number of nitrogens with one attached hydrogen (secondary N) is 1. The van der Waals surface area contributed by atoms with Crippen LogP contribution in [0.1, 0.15) is 25.7 Å². The topological polar surface area (TPSA) is 47.9 Å². The Hall–Kier alpha value is -2.04. The Bertz CT molecular complexity index is 592. The number of carbonyl (C=O) groups is 1. The second kappa shape index (κ2) is 6.22. The summed E-state index contributed by atoms with van der Waals surface area (Å²) >= 11 is 0. The predicted molar refractivity (Wildman–Crippen MR) is 91.6 cm³/mol. The number of hydrogen-bond acceptors (Lipinski definition) is 4. The molecule has 0 aromatic heterocycles. The SMILES string of the molecule is O=C1NC(N2CCN(c3ccccc3)CC2)=NC2CCCCC12. The summed E-state index contributed by atoms with van der Waals surface area (Å²) in [6, 6.07) is 10.7. The van der Waals surface area contributed by atoms with Crippen molar-refractivity contribution in [2.24, 2.45) is 10.9 Å². The molecule has 2 unspecified atom stereocenters. The van der Waals surface area contributed by atoms with E-state index < -0.39 is 0 Å². The van der Waals surface area contributed by atoms with Crippen LogP contribution in [0.4, 0.5) is 5.69 Å². The highest BCUT2D eigenvalue weighted by atomic mass is 16.2. The fourth-order valence-electron chi connectivity index (χ4n) is 3.94. The second-order valence-electron chi connectivity index (χ2n) is 6.71. The zero-order chi connectivity index (χ0) is 15.6. The lowest BCUT2D eigenvalue weighted by atomic mass is 9.83. The quantitative estimate of drug-likeness (QED) is 0.861. The predicted octanol–water partition coefficient (Wildman–Crippen LogP) is 1.85. The number of guanidine groups is 1. The van der Waals surface area contributed by atoms with E-state index in [0.717, 1.165) is 51.4 Å². The molecule has 0 bridgehead atoms. The van der Waals surface area contributed by atoms with E-state index in [9.17, 15) is 4.79 Å². The first kappa shape index (κ1) is 14.5. The van der Waals surface area contributed by atoms with Gasteiger partial charge in [0.1, 0.15) is 0 Å². The molecular weight excluding hydrogens is 288 g/mol. The summed E-state index contributed by atoms with van der Waals surface area (Å²) in [7, 11) is 0. The smallest absolute Gasteiger partial charge is 0.231 e. The molecule has 2 heterocycles. The standard InChI is InChI=1S/C18H24N4O/c23-17-15-8-4-5-9-16(15)19-18(20-17)22-12-10-21(11-13-22)14-6-2-1-3-7-14/h1-3,6-7,15-16H,4-5,8-13H2,(H,19,20,23). The third-order valence-corrected chi connectivity index (χ3v) is 5.29. The minimum Gasteiger partial charge on any atom is -0.368 e. The van der Waals surface area contributed by atoms with Gasteiger partial charge in [-0.2, -0.15) is 0 Å². The van der Waals surface area contributed by atoms with Gasteiger partial charge in [-0.3, -0.25) is 10.1 Å². The van der Waals surface area contributed by atoms with Crippen molar-refractivity contribution in [2.75, 3.05) is 31.1 Å². The normalized spacial score (nSPS) is 28.0. The van der Waals surface area contributed by atoms with Crippen LogP contribution in [0.15, 0.2) is 35.3 Å². The molecule has 5 nitrogen and oxygen atoms in total. The van der Waals surface area contributed by atoms with Crippen molar-refractivity contribution in [3.05, 3.63) is 30.3 Å². The third-order valence-electron chi connectivity index (χ3n) is 5.29. The molecule has 2 atom stereocenters. The molecule has 1 aromatic carbocycles. The Morgan fingerprint density at radius 2 is 1.65 bits per heavy atom. The van der Waals surface area contributed by atoms with Gasteiger partial charge in [-0.1, -0.05) is 31.0 Å². The molecule has 1 saturated carbocycles. The molecule has 1 amide bonds. The third kappa shape index (κ3) is 2.92. The monoisotopic (exact) mass is 312 g/mol. The molecule has 0 radical (unpaired) electrons. The van der Waals surface area contributed by atoms with Crippen LogP contribution >= 0.6 is 0 Å². The Morgan fingerprint density at radius 1 is 0.957 bits per heavy atom. The van der Waals surface area contributed by atoms with Crippen molar-refractivity contribution in [1.82, 2.24) is 10.2 Å². The molecule has 122 valence electrons. The van der Waals surface area contributed by atoms with Gasteiger partial charge >= 0.3 is 0 Å². The Labute approximate surface area is 137 Å². The van der Waals surface area contributed by atoms with Crippen molar-refractivity contribution in [3.8, 4) is 0 Å².